The van der Waals surface area contributed by atoms with Gasteiger partial charge in [-0.25, -0.2) is 0 Å². The fourth-order valence-electron chi connectivity index (χ4n) is 5.67. The van der Waals surface area contributed by atoms with E-state index in [0.29, 0.717) is 31.2 Å². The summed E-state index contributed by atoms with van der Waals surface area (Å²) in [7, 11) is 0. The minimum atomic E-state index is -1.15. The van der Waals surface area contributed by atoms with Crippen molar-refractivity contribution >= 4 is 56.9 Å². The van der Waals surface area contributed by atoms with Crippen molar-refractivity contribution in [1.29, 1.82) is 0 Å². The zero-order valence-corrected chi connectivity index (χ0v) is 20.7. The summed E-state index contributed by atoms with van der Waals surface area (Å²) in [5.74, 6) is -0.158. The van der Waals surface area contributed by atoms with Crippen LogP contribution in [0.25, 0.3) is 21.9 Å². The van der Waals surface area contributed by atoms with Gasteiger partial charge in [0, 0.05) is 41.2 Å². The number of carbonyl (C=O) groups is 2. The Kier molecular flexibility index (Phi) is 4.93. The van der Waals surface area contributed by atoms with Gasteiger partial charge in [0.25, 0.3) is 5.91 Å². The van der Waals surface area contributed by atoms with E-state index in [1.54, 1.807) is 4.90 Å². The Hall–Kier alpha value is -3.33. The van der Waals surface area contributed by atoms with Gasteiger partial charge >= 0.3 is 0 Å². The quantitative estimate of drug-likeness (QED) is 0.412. The van der Waals surface area contributed by atoms with E-state index in [4.69, 9.17) is 9.15 Å². The van der Waals surface area contributed by atoms with Crippen LogP contribution in [0.1, 0.15) is 12.5 Å². The smallest absolute Gasteiger partial charge is 0.269 e. The number of nitrogens with zero attached hydrogens (tertiary/aromatic N) is 3. The summed E-state index contributed by atoms with van der Waals surface area (Å²) < 4.78 is 11.6. The third-order valence-corrected chi connectivity index (χ3v) is 8.86. The van der Waals surface area contributed by atoms with E-state index in [9.17, 15) is 9.59 Å². The van der Waals surface area contributed by atoms with Crippen molar-refractivity contribution in [2.75, 3.05) is 42.8 Å². The number of furan rings is 1. The Labute approximate surface area is 212 Å². The van der Waals surface area contributed by atoms with Crippen LogP contribution in [0.15, 0.2) is 71.1 Å². The Morgan fingerprint density at radius 3 is 2.56 bits per heavy atom. The molecule has 2 atom stereocenters. The standard InChI is InChI=1S/C28H25N3O4S/c1-18-26(32)31(19-10-11-21-20-6-2-5-9-24(20)35-25(21)16-19)28(36-18)22-7-3-4-8-23(22)30(27(28)33)17-29-12-14-34-15-13-29/h2-11,16,18H,12-15,17H2,1H3/t18-,28-/m0/s1. The van der Waals surface area contributed by atoms with Gasteiger partial charge in [0.1, 0.15) is 11.2 Å². The van der Waals surface area contributed by atoms with Gasteiger partial charge in [-0.1, -0.05) is 36.4 Å². The van der Waals surface area contributed by atoms with E-state index in [2.05, 4.69) is 4.90 Å². The molecule has 2 amide bonds. The van der Waals surface area contributed by atoms with Crippen LogP contribution < -0.4 is 9.80 Å². The third-order valence-electron chi connectivity index (χ3n) is 7.39. The minimum Gasteiger partial charge on any atom is -0.456 e. The van der Waals surface area contributed by atoms with Gasteiger partial charge in [-0.3, -0.25) is 24.3 Å². The molecule has 4 heterocycles. The molecule has 182 valence electrons. The predicted octanol–water partition coefficient (Wildman–Crippen LogP) is 4.54. The van der Waals surface area contributed by atoms with E-state index in [1.807, 2.05) is 78.6 Å². The van der Waals surface area contributed by atoms with Crippen LogP contribution in [0, 0.1) is 0 Å². The molecule has 0 bridgehead atoms. The molecular formula is C28H25N3O4S. The highest BCUT2D eigenvalue weighted by molar-refractivity contribution is 8.03. The average Bonchev–Trinajstić information content (AvgIpc) is 3.49. The molecule has 4 aromatic rings. The summed E-state index contributed by atoms with van der Waals surface area (Å²) in [4.78, 5) is 32.7. The molecule has 2 fully saturated rings. The Morgan fingerprint density at radius 1 is 0.944 bits per heavy atom. The zero-order valence-electron chi connectivity index (χ0n) is 19.8. The number of benzene rings is 3. The zero-order chi connectivity index (χ0) is 24.4. The molecule has 1 aromatic heterocycles. The lowest BCUT2D eigenvalue weighted by Gasteiger charge is -2.34. The number of anilines is 2. The van der Waals surface area contributed by atoms with Crippen molar-refractivity contribution in [2.24, 2.45) is 0 Å². The molecule has 8 heteroatoms. The van der Waals surface area contributed by atoms with E-state index in [-0.39, 0.29) is 17.1 Å². The number of rotatable bonds is 3. The highest BCUT2D eigenvalue weighted by atomic mass is 32.2. The molecule has 3 aliphatic heterocycles. The molecule has 36 heavy (non-hydrogen) atoms. The van der Waals surface area contributed by atoms with Crippen LogP contribution in [0.2, 0.25) is 0 Å². The van der Waals surface area contributed by atoms with E-state index >= 15 is 0 Å². The first-order valence-corrected chi connectivity index (χ1v) is 13.1. The van der Waals surface area contributed by atoms with Crippen LogP contribution in [-0.4, -0.2) is 54.9 Å². The van der Waals surface area contributed by atoms with Crippen LogP contribution in [0.3, 0.4) is 0 Å². The highest BCUT2D eigenvalue weighted by Crippen LogP contribution is 2.58. The summed E-state index contributed by atoms with van der Waals surface area (Å²) in [5, 5.41) is 1.66. The molecule has 1 spiro atoms. The number of amides is 2. The van der Waals surface area contributed by atoms with Crippen molar-refractivity contribution in [1.82, 2.24) is 4.90 Å². The first-order valence-electron chi connectivity index (χ1n) is 12.2. The fraction of sp³-hybridized carbons (Fsp3) is 0.286. The predicted molar refractivity (Wildman–Crippen MR) is 141 cm³/mol. The lowest BCUT2D eigenvalue weighted by molar-refractivity contribution is -0.124. The second-order valence-corrected chi connectivity index (χ2v) is 11.0. The van der Waals surface area contributed by atoms with Crippen LogP contribution >= 0.6 is 11.8 Å². The molecule has 0 aliphatic carbocycles. The second-order valence-electron chi connectivity index (χ2n) is 9.48. The first-order chi connectivity index (χ1) is 17.6. The summed E-state index contributed by atoms with van der Waals surface area (Å²) in [6, 6.07) is 21.6. The highest BCUT2D eigenvalue weighted by Gasteiger charge is 2.63. The summed E-state index contributed by atoms with van der Waals surface area (Å²) >= 11 is 1.42. The molecule has 2 saturated heterocycles. The molecule has 0 saturated carbocycles. The van der Waals surface area contributed by atoms with E-state index in [1.165, 1.54) is 11.8 Å². The topological polar surface area (TPSA) is 66.2 Å². The Bertz CT molecular complexity index is 1530. The first kappa shape index (κ1) is 21.9. The average molecular weight is 500 g/mol. The molecule has 3 aromatic carbocycles. The van der Waals surface area contributed by atoms with Crippen molar-refractivity contribution in [3.8, 4) is 0 Å². The molecule has 0 radical (unpaired) electrons. The monoisotopic (exact) mass is 499 g/mol. The van der Waals surface area contributed by atoms with Crippen LogP contribution in [0.4, 0.5) is 11.4 Å². The number of para-hydroxylation sites is 2. The normalized spacial score (nSPS) is 24.5. The maximum Gasteiger partial charge on any atom is 0.269 e. The number of ether oxygens (including phenoxy) is 1. The van der Waals surface area contributed by atoms with Gasteiger partial charge in [-0.2, -0.15) is 0 Å². The van der Waals surface area contributed by atoms with Crippen molar-refractivity contribution in [3.63, 3.8) is 0 Å². The molecule has 7 nitrogen and oxygen atoms in total. The Morgan fingerprint density at radius 2 is 1.69 bits per heavy atom. The number of hydrogen-bond donors (Lipinski definition) is 0. The summed E-state index contributed by atoms with van der Waals surface area (Å²) in [6.45, 7) is 5.21. The SMILES string of the molecule is C[C@@H]1S[C@@]2(C(=O)N(CN3CCOCC3)c3ccccc32)N(c2ccc3c(c2)oc2ccccc23)C1=O. The number of hydrogen-bond acceptors (Lipinski definition) is 6. The number of carbonyl (C=O) groups excluding carboxylic acids is 2. The summed E-state index contributed by atoms with van der Waals surface area (Å²) in [6.07, 6.45) is 0. The maximum absolute atomic E-state index is 14.4. The van der Waals surface area contributed by atoms with Crippen molar-refractivity contribution in [2.45, 2.75) is 17.0 Å². The Balaban J connectivity index is 1.37. The lowest BCUT2D eigenvalue weighted by Crippen LogP contribution is -2.52. The second kappa shape index (κ2) is 8.09. The van der Waals surface area contributed by atoms with E-state index < -0.39 is 4.87 Å². The molecular weight excluding hydrogens is 474 g/mol. The number of morpholine rings is 1. The third kappa shape index (κ3) is 3.01. The van der Waals surface area contributed by atoms with E-state index in [0.717, 1.165) is 40.7 Å². The molecule has 0 unspecified atom stereocenters. The fourth-order valence-corrected chi connectivity index (χ4v) is 7.20. The van der Waals surface area contributed by atoms with Crippen molar-refractivity contribution in [3.05, 3.63) is 72.3 Å². The lowest BCUT2D eigenvalue weighted by atomic mass is 10.0. The summed E-state index contributed by atoms with van der Waals surface area (Å²) in [5.41, 5.74) is 3.88. The van der Waals surface area contributed by atoms with Gasteiger partial charge in [0.05, 0.1) is 30.8 Å². The van der Waals surface area contributed by atoms with Gasteiger partial charge in [-0.05, 0) is 31.2 Å². The van der Waals surface area contributed by atoms with Crippen LogP contribution in [0.5, 0.6) is 0 Å². The minimum absolute atomic E-state index is 0.0770. The maximum atomic E-state index is 14.4. The van der Waals surface area contributed by atoms with Gasteiger partial charge in [0.2, 0.25) is 10.8 Å². The number of fused-ring (bicyclic) bond motifs is 5. The van der Waals surface area contributed by atoms with Gasteiger partial charge < -0.3 is 9.15 Å². The number of thioether (sulfide) groups is 1. The van der Waals surface area contributed by atoms with Gasteiger partial charge in [0.15, 0.2) is 0 Å². The molecule has 3 aliphatic rings. The van der Waals surface area contributed by atoms with Gasteiger partial charge in [-0.15, -0.1) is 11.8 Å². The largest absolute Gasteiger partial charge is 0.456 e. The molecule has 0 N–H and O–H groups in total. The van der Waals surface area contributed by atoms with Crippen LogP contribution in [-0.2, 0) is 19.2 Å². The van der Waals surface area contributed by atoms with Crippen molar-refractivity contribution < 1.29 is 18.7 Å². The molecule has 7 rings (SSSR count).